The van der Waals surface area contributed by atoms with Crippen LogP contribution in [0.4, 0.5) is 0 Å². The minimum Gasteiger partial charge on any atom is -0.454 e. The topological polar surface area (TPSA) is 52.6 Å². The molecule has 0 spiro atoms. The Morgan fingerprint density at radius 3 is 1.39 bits per heavy atom. The van der Waals surface area contributed by atoms with Gasteiger partial charge in [0.05, 0.1) is 0 Å². The van der Waals surface area contributed by atoms with Gasteiger partial charge >= 0.3 is 11.9 Å². The Labute approximate surface area is 118 Å². The quantitative estimate of drug-likeness (QED) is 0.427. The van der Waals surface area contributed by atoms with Gasteiger partial charge in [0.15, 0.2) is 0 Å². The fraction of sp³-hybridized carbons (Fsp3) is 0.500. The Hall–Kier alpha value is -0.880. The first kappa shape index (κ1) is 17.1. The van der Waals surface area contributed by atoms with Crippen molar-refractivity contribution in [2.24, 2.45) is 0 Å². The molecule has 2 atom stereocenters. The lowest BCUT2D eigenvalue weighted by Crippen LogP contribution is -2.38. The van der Waals surface area contributed by atoms with E-state index in [9.17, 15) is 9.59 Å². The second kappa shape index (κ2) is 8.26. The average Bonchev–Trinajstić information content (AvgIpc) is 2.32. The molecule has 18 heavy (non-hydrogen) atoms. The minimum absolute atomic E-state index is 0.216. The second-order valence-electron chi connectivity index (χ2n) is 3.81. The van der Waals surface area contributed by atoms with E-state index in [4.69, 9.17) is 9.47 Å². The van der Waals surface area contributed by atoms with E-state index in [0.717, 1.165) is 0 Å². The molecule has 0 unspecified atom stereocenters. The number of thiol groups is 2. The van der Waals surface area contributed by atoms with Crippen molar-refractivity contribution >= 4 is 37.2 Å². The molecule has 102 valence electrons. The number of hydrogen-bond donors (Lipinski definition) is 2. The lowest BCUT2D eigenvalue weighted by molar-refractivity contribution is -0.159. The Bertz CT molecular complexity index is 318. The molecule has 0 radical (unpaired) electrons. The van der Waals surface area contributed by atoms with Gasteiger partial charge in [-0.3, -0.25) is 0 Å². The normalized spacial score (nSPS) is 13.3. The molecule has 0 aromatic carbocycles. The molecule has 0 aromatic rings. The van der Waals surface area contributed by atoms with E-state index in [1.54, 1.807) is 0 Å². The first-order valence-electron chi connectivity index (χ1n) is 5.28. The molecule has 0 fully saturated rings. The summed E-state index contributed by atoms with van der Waals surface area (Å²) in [4.78, 5) is 22.8. The Balaban J connectivity index is 4.67. The summed E-state index contributed by atoms with van der Waals surface area (Å²) in [7, 11) is 0. The lowest BCUT2D eigenvalue weighted by atomic mass is 10.2. The molecule has 0 N–H and O–H groups in total. The Kier molecular flexibility index (Phi) is 7.86. The molecule has 0 heterocycles. The third kappa shape index (κ3) is 5.64. The zero-order valence-corrected chi connectivity index (χ0v) is 12.3. The number of carbonyl (C=O) groups excluding carboxylic acids is 2. The van der Waals surface area contributed by atoms with Crippen molar-refractivity contribution in [3.8, 4) is 0 Å². The minimum atomic E-state index is -0.668. The monoisotopic (exact) mass is 290 g/mol. The van der Waals surface area contributed by atoms with Crippen molar-refractivity contribution in [1.29, 1.82) is 0 Å². The summed E-state index contributed by atoms with van der Waals surface area (Å²) >= 11 is 8.14. The van der Waals surface area contributed by atoms with E-state index in [-0.39, 0.29) is 22.7 Å². The number of esters is 2. The van der Waals surface area contributed by atoms with Gasteiger partial charge in [0.25, 0.3) is 0 Å². The van der Waals surface area contributed by atoms with Crippen molar-refractivity contribution in [2.45, 2.75) is 26.1 Å². The number of rotatable bonds is 7. The van der Waals surface area contributed by atoms with Crippen molar-refractivity contribution in [3.63, 3.8) is 0 Å². The molecule has 0 amide bonds. The summed E-state index contributed by atoms with van der Waals surface area (Å²) < 4.78 is 10.2. The van der Waals surface area contributed by atoms with Gasteiger partial charge in [-0.2, -0.15) is 25.3 Å². The van der Waals surface area contributed by atoms with Crippen molar-refractivity contribution in [2.75, 3.05) is 11.5 Å². The van der Waals surface area contributed by atoms with Crippen LogP contribution < -0.4 is 0 Å². The maximum atomic E-state index is 11.4. The van der Waals surface area contributed by atoms with Crippen LogP contribution >= 0.6 is 25.3 Å². The van der Waals surface area contributed by atoms with E-state index < -0.39 is 24.1 Å². The summed E-state index contributed by atoms with van der Waals surface area (Å²) in [5, 5.41) is 0. The predicted molar refractivity (Wildman–Crippen MR) is 77.1 cm³/mol. The molecular formula is C12H18O4S2. The average molecular weight is 290 g/mol. The highest BCUT2D eigenvalue weighted by atomic mass is 32.1. The molecule has 0 saturated carbocycles. The van der Waals surface area contributed by atoms with Gasteiger partial charge in [-0.1, -0.05) is 13.2 Å². The van der Waals surface area contributed by atoms with Crippen LogP contribution in [0.1, 0.15) is 13.8 Å². The van der Waals surface area contributed by atoms with E-state index in [1.807, 2.05) is 0 Å². The first-order valence-corrected chi connectivity index (χ1v) is 6.54. The van der Waals surface area contributed by atoms with Crippen LogP contribution in [0.3, 0.4) is 0 Å². The molecule has 0 aliphatic carbocycles. The zero-order valence-electron chi connectivity index (χ0n) is 10.5. The molecule has 6 heteroatoms. The van der Waals surface area contributed by atoms with Gasteiger partial charge < -0.3 is 9.47 Å². The number of ether oxygens (including phenoxy) is 2. The van der Waals surface area contributed by atoms with Crippen LogP contribution in [0.25, 0.3) is 0 Å². The molecule has 0 rings (SSSR count). The summed E-state index contributed by atoms with van der Waals surface area (Å²) in [5.41, 5.74) is 0.539. The van der Waals surface area contributed by atoms with Gasteiger partial charge in [0, 0.05) is 22.7 Å². The van der Waals surface area contributed by atoms with Crippen LogP contribution in [0.2, 0.25) is 0 Å². The van der Waals surface area contributed by atoms with Crippen molar-refractivity contribution < 1.29 is 19.1 Å². The number of carbonyl (C=O) groups is 2. The van der Waals surface area contributed by atoms with Crippen LogP contribution in [0.15, 0.2) is 24.3 Å². The van der Waals surface area contributed by atoms with E-state index in [0.29, 0.717) is 0 Å². The number of hydrogen-bond acceptors (Lipinski definition) is 6. The van der Waals surface area contributed by atoms with Crippen LogP contribution in [0.5, 0.6) is 0 Å². The zero-order chi connectivity index (χ0) is 14.3. The van der Waals surface area contributed by atoms with Gasteiger partial charge in [-0.05, 0) is 13.8 Å². The Morgan fingerprint density at radius 2 is 1.22 bits per heavy atom. The van der Waals surface area contributed by atoms with Crippen LogP contribution in [-0.4, -0.2) is 35.7 Å². The molecule has 0 aromatic heterocycles. The van der Waals surface area contributed by atoms with E-state index in [1.165, 1.54) is 13.8 Å². The van der Waals surface area contributed by atoms with Crippen molar-refractivity contribution in [3.05, 3.63) is 24.3 Å². The molecular weight excluding hydrogens is 272 g/mol. The van der Waals surface area contributed by atoms with Gasteiger partial charge in [-0.25, -0.2) is 9.59 Å². The smallest absolute Gasteiger partial charge is 0.333 e. The molecule has 0 aliphatic heterocycles. The standard InChI is InChI=1S/C12H18O4S2/c1-7(2)11(13)15-9(5-17)10(6-18)16-12(14)8(3)4/h9-10,17-18H,1,3,5-6H2,2,4H3/t9-,10+. The summed E-state index contributed by atoms with van der Waals surface area (Å²) in [6, 6.07) is 0. The third-order valence-electron chi connectivity index (χ3n) is 1.99. The maximum Gasteiger partial charge on any atom is 0.333 e. The van der Waals surface area contributed by atoms with Crippen LogP contribution in [-0.2, 0) is 19.1 Å². The molecule has 4 nitrogen and oxygen atoms in total. The van der Waals surface area contributed by atoms with Crippen LogP contribution in [0, 0.1) is 0 Å². The summed E-state index contributed by atoms with van der Waals surface area (Å²) in [5.74, 6) is -0.666. The fourth-order valence-electron chi connectivity index (χ4n) is 0.938. The summed E-state index contributed by atoms with van der Waals surface area (Å²) in [6.07, 6.45) is -1.34. The summed E-state index contributed by atoms with van der Waals surface area (Å²) in [6.45, 7) is 10.0. The highest BCUT2D eigenvalue weighted by Gasteiger charge is 2.27. The van der Waals surface area contributed by atoms with Gasteiger partial charge in [0.1, 0.15) is 12.2 Å². The SMILES string of the molecule is C=C(C)C(=O)O[C@@H](CS)[C@@H](CS)OC(=O)C(=C)C. The predicted octanol–water partition coefficient (Wildman–Crippen LogP) is 1.82. The van der Waals surface area contributed by atoms with Gasteiger partial charge in [0.2, 0.25) is 0 Å². The van der Waals surface area contributed by atoms with Crippen molar-refractivity contribution in [1.82, 2.24) is 0 Å². The first-order chi connectivity index (χ1) is 8.33. The lowest BCUT2D eigenvalue weighted by Gasteiger charge is -2.24. The molecule has 0 aliphatic rings. The van der Waals surface area contributed by atoms with Gasteiger partial charge in [-0.15, -0.1) is 0 Å². The van der Waals surface area contributed by atoms with E-state index >= 15 is 0 Å². The maximum absolute atomic E-state index is 11.4. The second-order valence-corrected chi connectivity index (χ2v) is 4.54. The highest BCUT2D eigenvalue weighted by molar-refractivity contribution is 7.80. The van der Waals surface area contributed by atoms with E-state index in [2.05, 4.69) is 38.4 Å². The molecule has 0 saturated heterocycles. The highest BCUT2D eigenvalue weighted by Crippen LogP contribution is 2.12. The molecule has 0 bridgehead atoms. The fourth-order valence-corrected chi connectivity index (χ4v) is 1.56. The third-order valence-corrected chi connectivity index (χ3v) is 2.71. The Morgan fingerprint density at radius 1 is 0.944 bits per heavy atom. The largest absolute Gasteiger partial charge is 0.454 e.